The Balaban J connectivity index is 1.64. The Morgan fingerprint density at radius 1 is 1.25 bits per heavy atom. The number of carbonyl (C=O) groups is 1. The van der Waals surface area contributed by atoms with Gasteiger partial charge in [0.15, 0.2) is 11.0 Å². The monoisotopic (exact) mass is 414 g/mol. The molecule has 146 valence electrons. The molecule has 0 fully saturated rings. The number of nitrogens with one attached hydrogen (secondary N) is 1. The highest BCUT2D eigenvalue weighted by atomic mass is 32.2. The van der Waals surface area contributed by atoms with E-state index in [1.54, 1.807) is 6.08 Å². The predicted octanol–water partition coefficient (Wildman–Crippen LogP) is 3.91. The number of allylic oxidation sites excluding steroid dienone is 1. The van der Waals surface area contributed by atoms with Gasteiger partial charge in [-0.2, -0.15) is 0 Å². The molecule has 0 saturated heterocycles. The van der Waals surface area contributed by atoms with Gasteiger partial charge in [-0.25, -0.2) is 0 Å². The van der Waals surface area contributed by atoms with E-state index in [0.29, 0.717) is 22.8 Å². The number of nitrogens with zero attached hydrogens (tertiary/aromatic N) is 5. The van der Waals surface area contributed by atoms with Gasteiger partial charge in [0.2, 0.25) is 11.0 Å². The summed E-state index contributed by atoms with van der Waals surface area (Å²) in [5.41, 5.74) is 0.972. The molecule has 0 aliphatic heterocycles. The van der Waals surface area contributed by atoms with Crippen molar-refractivity contribution in [3.63, 3.8) is 0 Å². The second kappa shape index (κ2) is 9.61. The smallest absolute Gasteiger partial charge is 0.236 e. The largest absolute Gasteiger partial charge is 0.300 e. The summed E-state index contributed by atoms with van der Waals surface area (Å²) in [6.45, 7) is 8.62. The third-order valence-corrected chi connectivity index (χ3v) is 5.52. The molecule has 3 aromatic rings. The fourth-order valence-electron chi connectivity index (χ4n) is 2.51. The third-order valence-electron chi connectivity index (χ3n) is 3.69. The topological polar surface area (TPSA) is 85.6 Å². The predicted molar refractivity (Wildman–Crippen MR) is 113 cm³/mol. The van der Waals surface area contributed by atoms with Gasteiger partial charge in [-0.05, 0) is 5.92 Å². The van der Waals surface area contributed by atoms with E-state index in [1.165, 1.54) is 23.1 Å². The standard InChI is InChI=1S/C19H22N6OS2/c1-4-10-25-17(14-8-6-5-7-9-14)22-24-19(25)27-12-15(26)20-18-23-21-16(28-18)11-13(2)3/h4-9,13H,1,10-12H2,2-3H3,(H,20,23,26). The normalized spacial score (nSPS) is 11.0. The molecular formula is C19H22N6OS2. The van der Waals surface area contributed by atoms with Gasteiger partial charge in [0.1, 0.15) is 5.01 Å². The molecule has 0 radical (unpaired) electrons. The van der Waals surface area contributed by atoms with E-state index in [1.807, 2.05) is 34.9 Å². The summed E-state index contributed by atoms with van der Waals surface area (Å²) in [5, 5.41) is 21.6. The van der Waals surface area contributed by atoms with E-state index >= 15 is 0 Å². The van der Waals surface area contributed by atoms with Crippen molar-refractivity contribution in [2.75, 3.05) is 11.1 Å². The van der Waals surface area contributed by atoms with Crippen LogP contribution in [0.5, 0.6) is 0 Å². The minimum Gasteiger partial charge on any atom is -0.300 e. The maximum atomic E-state index is 12.3. The maximum absolute atomic E-state index is 12.3. The van der Waals surface area contributed by atoms with Crippen molar-refractivity contribution in [3.05, 3.63) is 48.0 Å². The Labute approximate surface area is 172 Å². The molecule has 1 N–H and O–H groups in total. The van der Waals surface area contributed by atoms with E-state index in [0.717, 1.165) is 22.8 Å². The number of anilines is 1. The summed E-state index contributed by atoms with van der Waals surface area (Å²) in [7, 11) is 0. The first-order chi connectivity index (χ1) is 13.6. The van der Waals surface area contributed by atoms with Gasteiger partial charge in [0.05, 0.1) is 5.75 Å². The minimum absolute atomic E-state index is 0.147. The van der Waals surface area contributed by atoms with E-state index in [4.69, 9.17) is 0 Å². The van der Waals surface area contributed by atoms with Gasteiger partial charge < -0.3 is 0 Å². The maximum Gasteiger partial charge on any atom is 0.236 e. The van der Waals surface area contributed by atoms with Crippen LogP contribution in [-0.2, 0) is 17.8 Å². The molecule has 1 amide bonds. The lowest BCUT2D eigenvalue weighted by Gasteiger charge is -2.07. The molecule has 9 heteroatoms. The summed E-state index contributed by atoms with van der Waals surface area (Å²) in [5.74, 6) is 1.32. The first kappa shape index (κ1) is 20.2. The molecule has 0 aliphatic rings. The molecule has 0 spiro atoms. The quantitative estimate of drug-likeness (QED) is 0.422. The highest BCUT2D eigenvalue weighted by molar-refractivity contribution is 7.99. The minimum atomic E-state index is -0.147. The summed E-state index contributed by atoms with van der Waals surface area (Å²) >= 11 is 2.75. The molecule has 0 atom stereocenters. The van der Waals surface area contributed by atoms with Crippen LogP contribution in [0.3, 0.4) is 0 Å². The Morgan fingerprint density at radius 3 is 2.75 bits per heavy atom. The van der Waals surface area contributed by atoms with Crippen molar-refractivity contribution < 1.29 is 4.79 Å². The first-order valence-electron chi connectivity index (χ1n) is 8.91. The average molecular weight is 415 g/mol. The Morgan fingerprint density at radius 2 is 2.04 bits per heavy atom. The number of thioether (sulfide) groups is 1. The second-order valence-corrected chi connectivity index (χ2v) is 8.51. The molecule has 0 saturated carbocycles. The van der Waals surface area contributed by atoms with Gasteiger partial charge in [-0.15, -0.1) is 27.0 Å². The summed E-state index contributed by atoms with van der Waals surface area (Å²) in [4.78, 5) is 12.3. The lowest BCUT2D eigenvalue weighted by atomic mass is 10.1. The van der Waals surface area contributed by atoms with Crippen LogP contribution in [0.2, 0.25) is 0 Å². The molecule has 7 nitrogen and oxygen atoms in total. The van der Waals surface area contributed by atoms with Crippen molar-refractivity contribution in [2.45, 2.75) is 32.0 Å². The first-order valence-corrected chi connectivity index (χ1v) is 10.7. The zero-order valence-corrected chi connectivity index (χ0v) is 17.5. The van der Waals surface area contributed by atoms with Crippen LogP contribution in [0.25, 0.3) is 11.4 Å². The molecule has 3 rings (SSSR count). The van der Waals surface area contributed by atoms with Crippen LogP contribution >= 0.6 is 23.1 Å². The highest BCUT2D eigenvalue weighted by Crippen LogP contribution is 2.24. The Kier molecular flexibility index (Phi) is 6.94. The van der Waals surface area contributed by atoms with Gasteiger partial charge >= 0.3 is 0 Å². The van der Waals surface area contributed by atoms with Crippen molar-refractivity contribution in [1.82, 2.24) is 25.0 Å². The SMILES string of the molecule is C=CCn1c(SCC(=O)Nc2nnc(CC(C)C)s2)nnc1-c1ccccc1. The van der Waals surface area contributed by atoms with Crippen LogP contribution in [0.15, 0.2) is 48.1 Å². The summed E-state index contributed by atoms with van der Waals surface area (Å²) in [6.07, 6.45) is 2.65. The molecule has 2 heterocycles. The fourth-order valence-corrected chi connectivity index (χ4v) is 4.23. The number of carbonyl (C=O) groups excluding carboxylic acids is 1. The number of aromatic nitrogens is 5. The Bertz CT molecular complexity index is 935. The molecule has 2 aromatic heterocycles. The molecule has 1 aromatic carbocycles. The van der Waals surface area contributed by atoms with Crippen LogP contribution in [0.1, 0.15) is 18.9 Å². The van der Waals surface area contributed by atoms with E-state index in [2.05, 4.69) is 46.1 Å². The van der Waals surface area contributed by atoms with Crippen molar-refractivity contribution in [1.29, 1.82) is 0 Å². The van der Waals surface area contributed by atoms with E-state index < -0.39 is 0 Å². The molecule has 0 aliphatic carbocycles. The van der Waals surface area contributed by atoms with Gasteiger partial charge in [-0.1, -0.05) is 73.4 Å². The van der Waals surface area contributed by atoms with E-state index in [-0.39, 0.29) is 11.7 Å². The lowest BCUT2D eigenvalue weighted by molar-refractivity contribution is -0.113. The van der Waals surface area contributed by atoms with Crippen LogP contribution in [0.4, 0.5) is 5.13 Å². The van der Waals surface area contributed by atoms with Gasteiger partial charge in [-0.3, -0.25) is 14.7 Å². The fraction of sp³-hybridized carbons (Fsp3) is 0.316. The third kappa shape index (κ3) is 5.26. The molecule has 0 bridgehead atoms. The Hall–Kier alpha value is -2.52. The van der Waals surface area contributed by atoms with Crippen LogP contribution in [0, 0.1) is 5.92 Å². The number of hydrogen-bond acceptors (Lipinski definition) is 7. The number of rotatable bonds is 9. The van der Waals surface area contributed by atoms with Crippen molar-refractivity contribution in [3.8, 4) is 11.4 Å². The van der Waals surface area contributed by atoms with Gasteiger partial charge in [0.25, 0.3) is 0 Å². The second-order valence-electron chi connectivity index (χ2n) is 6.51. The summed E-state index contributed by atoms with van der Waals surface area (Å²) in [6, 6.07) is 9.83. The number of amides is 1. The average Bonchev–Trinajstić information content (AvgIpc) is 3.27. The number of benzene rings is 1. The van der Waals surface area contributed by atoms with Crippen LogP contribution in [-0.4, -0.2) is 36.6 Å². The van der Waals surface area contributed by atoms with Crippen LogP contribution < -0.4 is 5.32 Å². The molecule has 28 heavy (non-hydrogen) atoms. The highest BCUT2D eigenvalue weighted by Gasteiger charge is 2.15. The zero-order chi connectivity index (χ0) is 19.9. The van der Waals surface area contributed by atoms with E-state index in [9.17, 15) is 4.79 Å². The summed E-state index contributed by atoms with van der Waals surface area (Å²) < 4.78 is 1.95. The van der Waals surface area contributed by atoms with Gasteiger partial charge in [0, 0.05) is 18.5 Å². The lowest BCUT2D eigenvalue weighted by Crippen LogP contribution is -2.14. The number of hydrogen-bond donors (Lipinski definition) is 1. The molecular weight excluding hydrogens is 392 g/mol. The molecule has 0 unspecified atom stereocenters. The zero-order valence-electron chi connectivity index (χ0n) is 15.8. The van der Waals surface area contributed by atoms with Crippen molar-refractivity contribution in [2.24, 2.45) is 5.92 Å². The van der Waals surface area contributed by atoms with Crippen molar-refractivity contribution >= 4 is 34.1 Å².